The van der Waals surface area contributed by atoms with Gasteiger partial charge in [-0.05, 0) is 43.3 Å². The zero-order valence-electron chi connectivity index (χ0n) is 12.5. The molecular weight excluding hydrogens is 310 g/mol. The van der Waals surface area contributed by atoms with E-state index < -0.39 is 0 Å². The molecule has 2 aromatic carbocycles. The van der Waals surface area contributed by atoms with E-state index >= 15 is 0 Å². The van der Waals surface area contributed by atoms with Crippen molar-refractivity contribution in [3.63, 3.8) is 0 Å². The summed E-state index contributed by atoms with van der Waals surface area (Å²) >= 11 is 7.01. The van der Waals surface area contributed by atoms with Gasteiger partial charge >= 0.3 is 0 Å². The van der Waals surface area contributed by atoms with Crippen LogP contribution < -0.4 is 10.6 Å². The number of fused-ring (bicyclic) bond motifs is 1. The van der Waals surface area contributed by atoms with Crippen LogP contribution in [0.25, 0.3) is 10.2 Å². The molecule has 0 aliphatic heterocycles. The van der Waals surface area contributed by atoms with Crippen LogP contribution in [-0.2, 0) is 0 Å². The second-order valence-corrected chi connectivity index (χ2v) is 6.61. The van der Waals surface area contributed by atoms with E-state index in [1.54, 1.807) is 11.3 Å². The topological polar surface area (TPSA) is 37.0 Å². The largest absolute Gasteiger partial charge is 0.356 e. The molecule has 5 heteroatoms. The predicted octanol–water partition coefficient (Wildman–Crippen LogP) is 4.65. The Bertz CT molecular complexity index is 796. The number of thiocarbonyl (C=S) groups is 1. The van der Waals surface area contributed by atoms with Gasteiger partial charge in [0.1, 0.15) is 0 Å². The molecule has 112 valence electrons. The third-order valence-electron chi connectivity index (χ3n) is 3.49. The summed E-state index contributed by atoms with van der Waals surface area (Å²) in [6, 6.07) is 16.6. The molecule has 1 atom stereocenters. The molecule has 0 aliphatic carbocycles. The van der Waals surface area contributed by atoms with Gasteiger partial charge in [-0.1, -0.05) is 53.8 Å². The highest BCUT2D eigenvalue weighted by Gasteiger charge is 2.09. The van der Waals surface area contributed by atoms with Crippen LogP contribution in [0.4, 0.5) is 5.13 Å². The smallest absolute Gasteiger partial charge is 0.190 e. The van der Waals surface area contributed by atoms with Crippen LogP contribution in [0.15, 0.2) is 48.5 Å². The summed E-state index contributed by atoms with van der Waals surface area (Å²) in [5, 5.41) is 7.89. The summed E-state index contributed by atoms with van der Waals surface area (Å²) in [6.45, 7) is 4.16. The zero-order chi connectivity index (χ0) is 15.5. The van der Waals surface area contributed by atoms with Gasteiger partial charge in [-0.3, -0.25) is 0 Å². The Morgan fingerprint density at radius 2 is 1.91 bits per heavy atom. The maximum atomic E-state index is 5.39. The lowest BCUT2D eigenvalue weighted by molar-refractivity contribution is 0.722. The minimum atomic E-state index is 0.150. The second kappa shape index (κ2) is 6.42. The highest BCUT2D eigenvalue weighted by atomic mass is 32.1. The Kier molecular flexibility index (Phi) is 4.36. The van der Waals surface area contributed by atoms with Crippen molar-refractivity contribution in [2.45, 2.75) is 19.9 Å². The van der Waals surface area contributed by atoms with Crippen LogP contribution >= 0.6 is 23.6 Å². The number of thiazole rings is 1. The Balaban J connectivity index is 1.69. The number of benzene rings is 2. The van der Waals surface area contributed by atoms with Crippen LogP contribution in [-0.4, -0.2) is 10.1 Å². The molecule has 2 N–H and O–H groups in total. The van der Waals surface area contributed by atoms with E-state index in [1.165, 1.54) is 15.8 Å². The SMILES string of the molecule is Cc1cccc2sc(NC(=S)N[C@H](C)c3ccccc3)nc12. The maximum Gasteiger partial charge on any atom is 0.190 e. The molecule has 0 saturated carbocycles. The average Bonchev–Trinajstić information content (AvgIpc) is 2.92. The summed E-state index contributed by atoms with van der Waals surface area (Å²) in [7, 11) is 0. The molecule has 1 heterocycles. The van der Waals surface area contributed by atoms with Crippen molar-refractivity contribution in [1.82, 2.24) is 10.3 Å². The molecule has 0 saturated heterocycles. The third kappa shape index (κ3) is 3.26. The van der Waals surface area contributed by atoms with Crippen molar-refractivity contribution in [2.24, 2.45) is 0 Å². The molecule has 0 bridgehead atoms. The van der Waals surface area contributed by atoms with Gasteiger partial charge in [-0.15, -0.1) is 0 Å². The highest BCUT2D eigenvalue weighted by molar-refractivity contribution is 7.80. The second-order valence-electron chi connectivity index (χ2n) is 5.17. The first-order valence-electron chi connectivity index (χ1n) is 7.12. The fourth-order valence-electron chi connectivity index (χ4n) is 2.29. The van der Waals surface area contributed by atoms with Crippen LogP contribution in [0.3, 0.4) is 0 Å². The van der Waals surface area contributed by atoms with E-state index in [4.69, 9.17) is 12.2 Å². The summed E-state index contributed by atoms with van der Waals surface area (Å²) in [5.41, 5.74) is 3.42. The lowest BCUT2D eigenvalue weighted by Gasteiger charge is -2.16. The summed E-state index contributed by atoms with van der Waals surface area (Å²) in [5.74, 6) is 0. The lowest BCUT2D eigenvalue weighted by atomic mass is 10.1. The number of nitrogens with zero attached hydrogens (tertiary/aromatic N) is 1. The number of nitrogens with one attached hydrogen (secondary N) is 2. The number of anilines is 1. The van der Waals surface area contributed by atoms with E-state index in [9.17, 15) is 0 Å². The van der Waals surface area contributed by atoms with Crippen molar-refractivity contribution < 1.29 is 0 Å². The van der Waals surface area contributed by atoms with Crippen molar-refractivity contribution in [3.05, 3.63) is 59.7 Å². The minimum absolute atomic E-state index is 0.150. The first kappa shape index (κ1) is 14.9. The van der Waals surface area contributed by atoms with Gasteiger partial charge in [0, 0.05) is 0 Å². The van der Waals surface area contributed by atoms with Crippen LogP contribution in [0.2, 0.25) is 0 Å². The predicted molar refractivity (Wildman–Crippen MR) is 98.6 cm³/mol. The van der Waals surface area contributed by atoms with Gasteiger partial charge in [-0.25, -0.2) is 4.98 Å². The van der Waals surface area contributed by atoms with Crippen LogP contribution in [0.1, 0.15) is 24.1 Å². The van der Waals surface area contributed by atoms with Gasteiger partial charge < -0.3 is 10.6 Å². The molecular formula is C17H17N3S2. The van der Waals surface area contributed by atoms with E-state index in [0.29, 0.717) is 5.11 Å². The molecule has 0 radical (unpaired) electrons. The molecule has 3 nitrogen and oxygen atoms in total. The van der Waals surface area contributed by atoms with E-state index in [-0.39, 0.29) is 6.04 Å². The van der Waals surface area contributed by atoms with E-state index in [1.807, 2.05) is 24.3 Å². The van der Waals surface area contributed by atoms with Crippen molar-refractivity contribution >= 4 is 44.0 Å². The van der Waals surface area contributed by atoms with E-state index in [2.05, 4.69) is 53.7 Å². The van der Waals surface area contributed by atoms with Gasteiger partial charge in [0.15, 0.2) is 10.2 Å². The van der Waals surface area contributed by atoms with Gasteiger partial charge in [-0.2, -0.15) is 0 Å². The van der Waals surface area contributed by atoms with Gasteiger partial charge in [0.25, 0.3) is 0 Å². The molecule has 0 fully saturated rings. The van der Waals surface area contributed by atoms with Crippen LogP contribution in [0.5, 0.6) is 0 Å². The first-order chi connectivity index (χ1) is 10.6. The fourth-order valence-corrected chi connectivity index (χ4v) is 3.58. The fraction of sp³-hybridized carbons (Fsp3) is 0.176. The van der Waals surface area contributed by atoms with Crippen molar-refractivity contribution in [3.8, 4) is 0 Å². The van der Waals surface area contributed by atoms with Crippen LogP contribution in [0, 0.1) is 6.92 Å². The molecule has 22 heavy (non-hydrogen) atoms. The van der Waals surface area contributed by atoms with E-state index in [0.717, 1.165) is 10.6 Å². The molecule has 0 unspecified atom stereocenters. The number of rotatable bonds is 3. The molecule has 1 aromatic heterocycles. The Morgan fingerprint density at radius 3 is 2.64 bits per heavy atom. The Hall–Kier alpha value is -1.98. The monoisotopic (exact) mass is 327 g/mol. The lowest BCUT2D eigenvalue weighted by Crippen LogP contribution is -2.30. The highest BCUT2D eigenvalue weighted by Crippen LogP contribution is 2.27. The first-order valence-corrected chi connectivity index (χ1v) is 8.34. The molecule has 0 amide bonds. The third-order valence-corrected chi connectivity index (χ3v) is 4.64. The number of aromatic nitrogens is 1. The molecule has 0 aliphatic rings. The quantitative estimate of drug-likeness (QED) is 0.687. The number of para-hydroxylation sites is 1. The maximum absolute atomic E-state index is 5.39. The molecule has 3 aromatic rings. The summed E-state index contributed by atoms with van der Waals surface area (Å²) < 4.78 is 1.17. The van der Waals surface area contributed by atoms with Crippen molar-refractivity contribution in [1.29, 1.82) is 0 Å². The Labute approximate surface area is 139 Å². The summed E-state index contributed by atoms with van der Waals surface area (Å²) in [6.07, 6.45) is 0. The summed E-state index contributed by atoms with van der Waals surface area (Å²) in [4.78, 5) is 4.61. The normalized spacial score (nSPS) is 12.1. The number of hydrogen-bond donors (Lipinski definition) is 2. The van der Waals surface area contributed by atoms with Crippen molar-refractivity contribution in [2.75, 3.05) is 5.32 Å². The average molecular weight is 327 g/mol. The number of hydrogen-bond acceptors (Lipinski definition) is 3. The molecule has 0 spiro atoms. The molecule has 3 rings (SSSR count). The minimum Gasteiger partial charge on any atom is -0.356 e. The number of aryl methyl sites for hydroxylation is 1. The van der Waals surface area contributed by atoms with Gasteiger partial charge in [0.05, 0.1) is 16.3 Å². The zero-order valence-corrected chi connectivity index (χ0v) is 14.1. The standard InChI is InChI=1S/C17H17N3S2/c1-11-7-6-10-14-15(11)19-17(22-14)20-16(21)18-12(2)13-8-4-3-5-9-13/h3-10,12H,1-2H3,(H2,18,19,20,21)/t12-/m1/s1. The van der Waals surface area contributed by atoms with Gasteiger partial charge in [0.2, 0.25) is 0 Å². The Morgan fingerprint density at radius 1 is 1.14 bits per heavy atom.